The van der Waals surface area contributed by atoms with Crippen LogP contribution in [0.5, 0.6) is 0 Å². The summed E-state index contributed by atoms with van der Waals surface area (Å²) < 4.78 is 16.4. The SMILES string of the molecule is CC(=O)Nc1ccn([C@@H]2O[C@H](COC(C)=O)[C@@H](O)[C@@H]2OC(C)=O)c(=O)n1. The van der Waals surface area contributed by atoms with Gasteiger partial charge in [-0.3, -0.25) is 19.0 Å². The van der Waals surface area contributed by atoms with Crippen molar-refractivity contribution in [3.8, 4) is 0 Å². The van der Waals surface area contributed by atoms with Crippen molar-refractivity contribution in [3.63, 3.8) is 0 Å². The molecule has 11 nitrogen and oxygen atoms in total. The molecule has 2 N–H and O–H groups in total. The van der Waals surface area contributed by atoms with Gasteiger partial charge in [0.15, 0.2) is 12.3 Å². The fourth-order valence-corrected chi connectivity index (χ4v) is 2.45. The van der Waals surface area contributed by atoms with Crippen LogP contribution in [-0.4, -0.2) is 57.4 Å². The van der Waals surface area contributed by atoms with E-state index in [0.717, 1.165) is 11.5 Å². The third kappa shape index (κ3) is 4.64. The van der Waals surface area contributed by atoms with Crippen LogP contribution < -0.4 is 11.0 Å². The lowest BCUT2D eigenvalue weighted by Crippen LogP contribution is -2.39. The third-order valence-electron chi connectivity index (χ3n) is 3.47. The van der Waals surface area contributed by atoms with Crippen molar-refractivity contribution in [2.45, 2.75) is 45.3 Å². The zero-order valence-corrected chi connectivity index (χ0v) is 14.4. The monoisotopic (exact) mass is 369 g/mol. The van der Waals surface area contributed by atoms with E-state index < -0.39 is 48.1 Å². The van der Waals surface area contributed by atoms with E-state index in [-0.39, 0.29) is 12.4 Å². The van der Waals surface area contributed by atoms with Gasteiger partial charge in [0.05, 0.1) is 0 Å². The highest BCUT2D eigenvalue weighted by atomic mass is 16.6. The molecule has 1 aliphatic rings. The molecule has 1 amide bonds. The van der Waals surface area contributed by atoms with Crippen LogP contribution in [0.2, 0.25) is 0 Å². The van der Waals surface area contributed by atoms with E-state index in [0.29, 0.717) is 0 Å². The lowest BCUT2D eigenvalue weighted by atomic mass is 10.1. The molecular weight excluding hydrogens is 350 g/mol. The van der Waals surface area contributed by atoms with Crippen LogP contribution in [0, 0.1) is 0 Å². The van der Waals surface area contributed by atoms with Gasteiger partial charge in [0, 0.05) is 27.0 Å². The zero-order valence-electron chi connectivity index (χ0n) is 14.4. The zero-order chi connectivity index (χ0) is 19.4. The summed E-state index contributed by atoms with van der Waals surface area (Å²) in [6.45, 7) is 3.32. The van der Waals surface area contributed by atoms with Crippen LogP contribution in [0.25, 0.3) is 0 Å². The Morgan fingerprint density at radius 3 is 2.54 bits per heavy atom. The quantitative estimate of drug-likeness (QED) is 0.621. The first-order chi connectivity index (χ1) is 12.2. The first-order valence-corrected chi connectivity index (χ1v) is 7.70. The molecule has 1 saturated heterocycles. The Labute approximate surface area is 147 Å². The topological polar surface area (TPSA) is 146 Å². The largest absolute Gasteiger partial charge is 0.463 e. The number of aromatic nitrogens is 2. The summed E-state index contributed by atoms with van der Waals surface area (Å²) in [4.78, 5) is 49.2. The van der Waals surface area contributed by atoms with Gasteiger partial charge in [0.25, 0.3) is 0 Å². The molecule has 0 radical (unpaired) electrons. The minimum atomic E-state index is -1.33. The predicted molar refractivity (Wildman–Crippen MR) is 84.9 cm³/mol. The minimum absolute atomic E-state index is 0.0396. The number of ether oxygens (including phenoxy) is 3. The highest BCUT2D eigenvalue weighted by Crippen LogP contribution is 2.31. The van der Waals surface area contributed by atoms with Gasteiger partial charge in [0.1, 0.15) is 24.6 Å². The van der Waals surface area contributed by atoms with Gasteiger partial charge >= 0.3 is 17.6 Å². The number of aliphatic hydroxyl groups excluding tert-OH is 1. The van der Waals surface area contributed by atoms with Crippen molar-refractivity contribution >= 4 is 23.7 Å². The number of aliphatic hydroxyl groups is 1. The molecule has 26 heavy (non-hydrogen) atoms. The van der Waals surface area contributed by atoms with Gasteiger partial charge in [0.2, 0.25) is 5.91 Å². The second kappa shape index (κ2) is 8.06. The maximum atomic E-state index is 12.2. The lowest BCUT2D eigenvalue weighted by molar-refractivity contribution is -0.156. The number of carbonyl (C=O) groups is 3. The summed E-state index contributed by atoms with van der Waals surface area (Å²) >= 11 is 0. The van der Waals surface area contributed by atoms with E-state index in [2.05, 4.69) is 10.3 Å². The number of anilines is 1. The van der Waals surface area contributed by atoms with E-state index in [1.54, 1.807) is 0 Å². The van der Waals surface area contributed by atoms with Crippen molar-refractivity contribution in [1.82, 2.24) is 9.55 Å². The van der Waals surface area contributed by atoms with Gasteiger partial charge in [-0.1, -0.05) is 0 Å². The summed E-state index contributed by atoms with van der Waals surface area (Å²) in [6, 6.07) is 1.35. The Morgan fingerprint density at radius 1 is 1.31 bits per heavy atom. The first kappa shape index (κ1) is 19.5. The smallest absolute Gasteiger partial charge is 0.351 e. The van der Waals surface area contributed by atoms with Crippen LogP contribution in [0.15, 0.2) is 17.1 Å². The molecule has 0 saturated carbocycles. The second-order valence-corrected chi connectivity index (χ2v) is 5.62. The Morgan fingerprint density at radius 2 is 2.00 bits per heavy atom. The number of hydrogen-bond acceptors (Lipinski definition) is 9. The van der Waals surface area contributed by atoms with Gasteiger partial charge in [-0.25, -0.2) is 4.79 Å². The van der Waals surface area contributed by atoms with Gasteiger partial charge < -0.3 is 24.6 Å². The summed E-state index contributed by atoms with van der Waals surface area (Å²) in [5, 5.41) is 12.7. The predicted octanol–water partition coefficient (Wildman–Crippen LogP) is -1.05. The number of esters is 2. The molecule has 4 atom stereocenters. The van der Waals surface area contributed by atoms with Crippen LogP contribution in [0.1, 0.15) is 27.0 Å². The van der Waals surface area contributed by atoms with E-state index in [1.165, 1.54) is 26.1 Å². The highest BCUT2D eigenvalue weighted by molar-refractivity contribution is 5.87. The average molecular weight is 369 g/mol. The fraction of sp³-hybridized carbons (Fsp3) is 0.533. The maximum Gasteiger partial charge on any atom is 0.351 e. The molecule has 1 aromatic rings. The van der Waals surface area contributed by atoms with Crippen LogP contribution in [0.3, 0.4) is 0 Å². The number of rotatable bonds is 5. The Bertz CT molecular complexity index is 762. The Kier molecular flexibility index (Phi) is 6.05. The Hall–Kier alpha value is -2.79. The van der Waals surface area contributed by atoms with Crippen LogP contribution in [0.4, 0.5) is 5.82 Å². The number of nitrogens with zero attached hydrogens (tertiary/aromatic N) is 2. The number of hydrogen-bond donors (Lipinski definition) is 2. The maximum absolute atomic E-state index is 12.2. The van der Waals surface area contributed by atoms with E-state index >= 15 is 0 Å². The third-order valence-corrected chi connectivity index (χ3v) is 3.47. The summed E-state index contributed by atoms with van der Waals surface area (Å²) in [5.41, 5.74) is -0.793. The molecule has 2 rings (SSSR count). The fourth-order valence-electron chi connectivity index (χ4n) is 2.45. The molecule has 1 aliphatic heterocycles. The van der Waals surface area contributed by atoms with Crippen LogP contribution in [-0.2, 0) is 28.6 Å². The molecule has 0 bridgehead atoms. The number of nitrogens with one attached hydrogen (secondary N) is 1. The summed E-state index contributed by atoms with van der Waals surface area (Å²) in [5.74, 6) is -1.63. The van der Waals surface area contributed by atoms with E-state index in [4.69, 9.17) is 14.2 Å². The summed E-state index contributed by atoms with van der Waals surface area (Å²) in [6.07, 6.45) is -3.44. The van der Waals surface area contributed by atoms with E-state index in [1.807, 2.05) is 0 Å². The standard InChI is InChI=1S/C15H19N3O8/c1-7(19)16-11-4-5-18(15(23)17-11)14-13(25-9(3)21)12(22)10(26-14)6-24-8(2)20/h4-5,10,12-14,22H,6H2,1-3H3,(H,16,17,19,23)/t10-,12-,13+,14-/m1/s1. The molecule has 1 aromatic heterocycles. The highest BCUT2D eigenvalue weighted by Gasteiger charge is 2.47. The molecule has 0 unspecified atom stereocenters. The van der Waals surface area contributed by atoms with Crippen molar-refractivity contribution in [2.24, 2.45) is 0 Å². The number of carbonyl (C=O) groups excluding carboxylic acids is 3. The number of amides is 1. The van der Waals surface area contributed by atoms with Gasteiger partial charge in [-0.15, -0.1) is 0 Å². The van der Waals surface area contributed by atoms with Crippen molar-refractivity contribution in [3.05, 3.63) is 22.7 Å². The molecule has 0 aliphatic carbocycles. The minimum Gasteiger partial charge on any atom is -0.463 e. The molecule has 0 spiro atoms. The first-order valence-electron chi connectivity index (χ1n) is 7.70. The molecule has 0 aromatic carbocycles. The molecule has 11 heteroatoms. The normalized spacial score (nSPS) is 24.8. The lowest BCUT2D eigenvalue weighted by Gasteiger charge is -2.21. The Balaban J connectivity index is 2.29. The molecule has 2 heterocycles. The van der Waals surface area contributed by atoms with Crippen molar-refractivity contribution in [2.75, 3.05) is 11.9 Å². The molecular formula is C15H19N3O8. The van der Waals surface area contributed by atoms with Crippen molar-refractivity contribution < 1.29 is 33.7 Å². The van der Waals surface area contributed by atoms with Gasteiger partial charge in [-0.05, 0) is 6.07 Å². The second-order valence-electron chi connectivity index (χ2n) is 5.62. The van der Waals surface area contributed by atoms with Crippen LogP contribution >= 0.6 is 0 Å². The molecule has 1 fully saturated rings. The summed E-state index contributed by atoms with van der Waals surface area (Å²) in [7, 11) is 0. The molecule has 142 valence electrons. The van der Waals surface area contributed by atoms with Gasteiger partial charge in [-0.2, -0.15) is 4.98 Å². The average Bonchev–Trinajstić information content (AvgIpc) is 2.81. The van der Waals surface area contributed by atoms with Crippen molar-refractivity contribution in [1.29, 1.82) is 0 Å². The van der Waals surface area contributed by atoms with E-state index in [9.17, 15) is 24.3 Å².